The molecule has 5 heteroatoms. The second-order valence-electron chi connectivity index (χ2n) is 6.91. The van der Waals surface area contributed by atoms with E-state index in [1.165, 1.54) is 12.8 Å². The zero-order valence-corrected chi connectivity index (χ0v) is 14.5. The van der Waals surface area contributed by atoms with Crippen LogP contribution in [0.1, 0.15) is 43.7 Å². The van der Waals surface area contributed by atoms with Crippen LogP contribution in [0.4, 0.5) is 0 Å². The number of aliphatic hydroxyl groups is 1. The third-order valence-corrected chi connectivity index (χ3v) is 4.68. The Morgan fingerprint density at radius 1 is 1.33 bits per heavy atom. The Bertz CT molecular complexity index is 660. The molecule has 130 valence electrons. The van der Waals surface area contributed by atoms with Gasteiger partial charge < -0.3 is 15.2 Å². The molecule has 0 aliphatic heterocycles. The normalized spacial score (nSPS) is 17.8. The third-order valence-electron chi connectivity index (χ3n) is 4.68. The molecule has 0 amide bonds. The first-order valence-corrected chi connectivity index (χ1v) is 8.71. The number of nitrogens with zero attached hydrogens (tertiary/aromatic N) is 2. The van der Waals surface area contributed by atoms with Crippen LogP contribution in [0.25, 0.3) is 0 Å². The lowest BCUT2D eigenvalue weighted by atomic mass is 9.99. The van der Waals surface area contributed by atoms with Crippen molar-refractivity contribution < 1.29 is 9.84 Å². The molecule has 1 aromatic carbocycles. The van der Waals surface area contributed by atoms with Gasteiger partial charge in [0, 0.05) is 37.5 Å². The van der Waals surface area contributed by atoms with Crippen LogP contribution in [0.2, 0.25) is 0 Å². The first-order chi connectivity index (χ1) is 11.5. The van der Waals surface area contributed by atoms with Gasteiger partial charge in [-0.15, -0.1) is 0 Å². The molecule has 2 aromatic rings. The van der Waals surface area contributed by atoms with Crippen molar-refractivity contribution in [1.29, 1.82) is 0 Å². The molecule has 1 aliphatic rings. The number of para-hydroxylation sites is 1. The highest BCUT2D eigenvalue weighted by Crippen LogP contribution is 2.27. The average molecular weight is 329 g/mol. The molecule has 1 aromatic heterocycles. The summed E-state index contributed by atoms with van der Waals surface area (Å²) in [4.78, 5) is 0. The van der Waals surface area contributed by atoms with Crippen molar-refractivity contribution in [2.45, 2.75) is 50.9 Å². The van der Waals surface area contributed by atoms with Crippen LogP contribution in [0.15, 0.2) is 36.7 Å². The summed E-state index contributed by atoms with van der Waals surface area (Å²) >= 11 is 0. The highest BCUT2D eigenvalue weighted by molar-refractivity contribution is 5.33. The van der Waals surface area contributed by atoms with Crippen LogP contribution in [0.5, 0.6) is 5.75 Å². The van der Waals surface area contributed by atoms with E-state index < -0.39 is 5.60 Å². The topological polar surface area (TPSA) is 59.3 Å². The largest absolute Gasteiger partial charge is 0.490 e. The van der Waals surface area contributed by atoms with Crippen LogP contribution >= 0.6 is 0 Å². The maximum Gasteiger partial charge on any atom is 0.124 e. The number of hydrogen-bond donors (Lipinski definition) is 2. The molecule has 0 bridgehead atoms. The maximum atomic E-state index is 10.6. The van der Waals surface area contributed by atoms with E-state index in [1.807, 2.05) is 31.4 Å². The predicted octanol–water partition coefficient (Wildman–Crippen LogP) is 2.74. The first kappa shape index (κ1) is 17.0. The third kappa shape index (κ3) is 4.16. The number of hydrogen-bond acceptors (Lipinski definition) is 4. The van der Waals surface area contributed by atoms with Crippen molar-refractivity contribution >= 4 is 0 Å². The Hall–Kier alpha value is -1.85. The fourth-order valence-corrected chi connectivity index (χ4v) is 3.19. The first-order valence-electron chi connectivity index (χ1n) is 8.71. The summed E-state index contributed by atoms with van der Waals surface area (Å²) in [5.74, 6) is 0.956. The zero-order chi connectivity index (χ0) is 17.0. The lowest BCUT2D eigenvalue weighted by Gasteiger charge is -2.23. The molecular formula is C19H27N3O2. The maximum absolute atomic E-state index is 10.6. The summed E-state index contributed by atoms with van der Waals surface area (Å²) in [6, 6.07) is 8.15. The summed E-state index contributed by atoms with van der Waals surface area (Å²) in [6.07, 6.45) is 8.73. The Labute approximate surface area is 143 Å². The summed E-state index contributed by atoms with van der Waals surface area (Å²) in [6.45, 7) is 2.92. The van der Waals surface area contributed by atoms with Gasteiger partial charge in [0.05, 0.1) is 12.3 Å². The molecule has 1 saturated carbocycles. The van der Waals surface area contributed by atoms with Crippen molar-refractivity contribution in [3.05, 3.63) is 47.8 Å². The highest BCUT2D eigenvalue weighted by atomic mass is 16.5. The molecule has 1 fully saturated rings. The van der Waals surface area contributed by atoms with Gasteiger partial charge in [-0.05, 0) is 38.7 Å². The summed E-state index contributed by atoms with van der Waals surface area (Å²) in [7, 11) is 1.85. The minimum atomic E-state index is -0.949. The quantitative estimate of drug-likeness (QED) is 0.820. The van der Waals surface area contributed by atoms with E-state index in [1.54, 1.807) is 17.8 Å². The van der Waals surface area contributed by atoms with Gasteiger partial charge in [0.25, 0.3) is 0 Å². The van der Waals surface area contributed by atoms with Crippen molar-refractivity contribution in [2.75, 3.05) is 6.54 Å². The molecule has 3 rings (SSSR count). The monoisotopic (exact) mass is 329 g/mol. The molecule has 1 unspecified atom stereocenters. The highest BCUT2D eigenvalue weighted by Gasteiger charge is 2.24. The van der Waals surface area contributed by atoms with Crippen LogP contribution in [0, 0.1) is 0 Å². The van der Waals surface area contributed by atoms with Gasteiger partial charge in [-0.25, -0.2) is 0 Å². The number of rotatable bonds is 7. The molecule has 24 heavy (non-hydrogen) atoms. The number of aromatic nitrogens is 2. The number of nitrogens with one attached hydrogen (secondary N) is 1. The van der Waals surface area contributed by atoms with E-state index in [9.17, 15) is 5.11 Å². The van der Waals surface area contributed by atoms with Gasteiger partial charge >= 0.3 is 0 Å². The summed E-state index contributed by atoms with van der Waals surface area (Å²) in [5.41, 5.74) is 0.995. The SMILES string of the molecule is Cn1cc(C(C)(O)CNCc2ccccc2OC2CCCC2)cn1. The number of benzene rings is 1. The summed E-state index contributed by atoms with van der Waals surface area (Å²) < 4.78 is 7.86. The van der Waals surface area contributed by atoms with Gasteiger partial charge in [0.2, 0.25) is 0 Å². The van der Waals surface area contributed by atoms with Crippen LogP contribution in [0.3, 0.4) is 0 Å². The lowest BCUT2D eigenvalue weighted by Crippen LogP contribution is -2.35. The second-order valence-corrected chi connectivity index (χ2v) is 6.91. The molecule has 5 nitrogen and oxygen atoms in total. The van der Waals surface area contributed by atoms with Gasteiger partial charge in [0.1, 0.15) is 11.4 Å². The van der Waals surface area contributed by atoms with Gasteiger partial charge in [0.15, 0.2) is 0 Å². The zero-order valence-electron chi connectivity index (χ0n) is 14.5. The molecular weight excluding hydrogens is 302 g/mol. The van der Waals surface area contributed by atoms with E-state index in [2.05, 4.69) is 16.5 Å². The smallest absolute Gasteiger partial charge is 0.124 e. The van der Waals surface area contributed by atoms with E-state index in [4.69, 9.17) is 4.74 Å². The molecule has 0 saturated heterocycles. The van der Waals surface area contributed by atoms with E-state index >= 15 is 0 Å². The van der Waals surface area contributed by atoms with Crippen molar-refractivity contribution in [1.82, 2.24) is 15.1 Å². The minimum Gasteiger partial charge on any atom is -0.490 e. The Balaban J connectivity index is 1.58. The molecule has 1 heterocycles. The van der Waals surface area contributed by atoms with Crippen LogP contribution < -0.4 is 10.1 Å². The molecule has 1 aliphatic carbocycles. The van der Waals surface area contributed by atoms with Crippen LogP contribution in [-0.4, -0.2) is 27.5 Å². The van der Waals surface area contributed by atoms with E-state index in [0.29, 0.717) is 19.2 Å². The van der Waals surface area contributed by atoms with E-state index in [-0.39, 0.29) is 0 Å². The van der Waals surface area contributed by atoms with Gasteiger partial charge in [-0.3, -0.25) is 4.68 Å². The minimum absolute atomic E-state index is 0.352. The van der Waals surface area contributed by atoms with Crippen molar-refractivity contribution in [2.24, 2.45) is 7.05 Å². The molecule has 2 N–H and O–H groups in total. The summed E-state index contributed by atoms with van der Waals surface area (Å²) in [5, 5.41) is 18.1. The Morgan fingerprint density at radius 3 is 2.79 bits per heavy atom. The van der Waals surface area contributed by atoms with E-state index in [0.717, 1.165) is 29.7 Å². The predicted molar refractivity (Wildman–Crippen MR) is 93.8 cm³/mol. The molecule has 1 atom stereocenters. The standard InChI is InChI=1S/C19H27N3O2/c1-19(23,16-12-21-22(2)13-16)14-20-11-15-7-3-6-10-18(15)24-17-8-4-5-9-17/h3,6-7,10,12-13,17,20,23H,4-5,8-9,11,14H2,1-2H3. The fourth-order valence-electron chi connectivity index (χ4n) is 3.19. The van der Waals surface area contributed by atoms with Crippen molar-refractivity contribution in [3.63, 3.8) is 0 Å². The van der Waals surface area contributed by atoms with Crippen molar-refractivity contribution in [3.8, 4) is 5.75 Å². The number of aryl methyl sites for hydroxylation is 1. The van der Waals surface area contributed by atoms with Gasteiger partial charge in [-0.1, -0.05) is 18.2 Å². The Morgan fingerprint density at radius 2 is 2.08 bits per heavy atom. The average Bonchev–Trinajstić information content (AvgIpc) is 3.21. The molecule has 0 spiro atoms. The lowest BCUT2D eigenvalue weighted by molar-refractivity contribution is 0.0565. The molecule has 0 radical (unpaired) electrons. The van der Waals surface area contributed by atoms with Gasteiger partial charge in [-0.2, -0.15) is 5.10 Å². The Kier molecular flexibility index (Phi) is 5.21. The number of ether oxygens (including phenoxy) is 1. The van der Waals surface area contributed by atoms with Crippen LogP contribution in [-0.2, 0) is 19.2 Å². The fraction of sp³-hybridized carbons (Fsp3) is 0.526. The second kappa shape index (κ2) is 7.36.